The van der Waals surface area contributed by atoms with Crippen molar-refractivity contribution in [1.82, 2.24) is 0 Å². The lowest BCUT2D eigenvalue weighted by atomic mass is 9.87. The molecule has 0 saturated heterocycles. The summed E-state index contributed by atoms with van der Waals surface area (Å²) >= 11 is 0. The lowest BCUT2D eigenvalue weighted by Crippen LogP contribution is -2.20. The molecule has 3 N–H and O–H groups in total. The molecule has 2 unspecified atom stereocenters. The summed E-state index contributed by atoms with van der Waals surface area (Å²) in [5.41, 5.74) is 6.92. The molecule has 4 heteroatoms. The molecule has 0 aliphatic rings. The maximum Gasteiger partial charge on any atom is 0.161 e. The standard InChI is InChI=1S/C17H29NO3/c1-4-14(9-13(11-18)12-19)15-7-8-16(20-5-2)17(10-15)21-6-3/h7-8,10,13-14,19H,4-6,9,11-12,18H2,1-3H3. The molecule has 1 aromatic rings. The van der Waals surface area contributed by atoms with Crippen molar-refractivity contribution in [2.45, 2.75) is 39.5 Å². The van der Waals surface area contributed by atoms with Gasteiger partial charge in [0.2, 0.25) is 0 Å². The summed E-state index contributed by atoms with van der Waals surface area (Å²) in [6, 6.07) is 6.13. The Morgan fingerprint density at radius 3 is 2.29 bits per heavy atom. The first-order valence-electron chi connectivity index (χ1n) is 7.90. The summed E-state index contributed by atoms with van der Waals surface area (Å²) in [6.07, 6.45) is 1.90. The van der Waals surface area contributed by atoms with Gasteiger partial charge in [-0.3, -0.25) is 0 Å². The molecule has 0 aliphatic carbocycles. The van der Waals surface area contributed by atoms with Crippen molar-refractivity contribution in [1.29, 1.82) is 0 Å². The van der Waals surface area contributed by atoms with Crippen molar-refractivity contribution < 1.29 is 14.6 Å². The SMILES string of the molecule is CCOc1ccc(C(CC)CC(CN)CO)cc1OCC. The van der Waals surface area contributed by atoms with E-state index in [1.165, 1.54) is 5.56 Å². The lowest BCUT2D eigenvalue weighted by molar-refractivity contribution is 0.214. The Bertz CT molecular complexity index is 405. The van der Waals surface area contributed by atoms with Crippen LogP contribution in [-0.2, 0) is 0 Å². The maximum absolute atomic E-state index is 9.35. The highest BCUT2D eigenvalue weighted by Crippen LogP contribution is 2.34. The molecule has 0 aromatic heterocycles. The average molecular weight is 295 g/mol. The van der Waals surface area contributed by atoms with Gasteiger partial charge in [-0.1, -0.05) is 13.0 Å². The molecule has 1 aromatic carbocycles. The second-order valence-corrected chi connectivity index (χ2v) is 5.20. The average Bonchev–Trinajstić information content (AvgIpc) is 2.51. The van der Waals surface area contributed by atoms with Gasteiger partial charge in [-0.25, -0.2) is 0 Å². The largest absolute Gasteiger partial charge is 0.490 e. The fourth-order valence-electron chi connectivity index (χ4n) is 2.51. The first-order valence-corrected chi connectivity index (χ1v) is 7.90. The Morgan fingerprint density at radius 1 is 1.10 bits per heavy atom. The molecule has 2 atom stereocenters. The molecule has 0 radical (unpaired) electrons. The fraction of sp³-hybridized carbons (Fsp3) is 0.647. The van der Waals surface area contributed by atoms with Crippen LogP contribution in [0.3, 0.4) is 0 Å². The first-order chi connectivity index (χ1) is 10.2. The van der Waals surface area contributed by atoms with E-state index in [1.54, 1.807) is 0 Å². The van der Waals surface area contributed by atoms with Gasteiger partial charge < -0.3 is 20.3 Å². The monoisotopic (exact) mass is 295 g/mol. The summed E-state index contributed by atoms with van der Waals surface area (Å²) in [6.45, 7) is 7.98. The van der Waals surface area contributed by atoms with Gasteiger partial charge in [-0.15, -0.1) is 0 Å². The number of aliphatic hydroxyl groups is 1. The summed E-state index contributed by atoms with van der Waals surface area (Å²) in [5.74, 6) is 2.11. The number of nitrogens with two attached hydrogens (primary N) is 1. The summed E-state index contributed by atoms with van der Waals surface area (Å²) in [5, 5.41) is 9.35. The van der Waals surface area contributed by atoms with Crippen molar-refractivity contribution >= 4 is 0 Å². The van der Waals surface area contributed by atoms with Crippen molar-refractivity contribution in [3.05, 3.63) is 23.8 Å². The van der Waals surface area contributed by atoms with Gasteiger partial charge in [0.15, 0.2) is 11.5 Å². The topological polar surface area (TPSA) is 64.7 Å². The Balaban J connectivity index is 2.95. The van der Waals surface area contributed by atoms with Gasteiger partial charge in [0.25, 0.3) is 0 Å². The highest BCUT2D eigenvalue weighted by molar-refractivity contribution is 5.44. The van der Waals surface area contributed by atoms with E-state index in [9.17, 15) is 5.11 Å². The quantitative estimate of drug-likeness (QED) is 0.696. The van der Waals surface area contributed by atoms with Crippen LogP contribution in [0.5, 0.6) is 11.5 Å². The van der Waals surface area contributed by atoms with Gasteiger partial charge in [-0.2, -0.15) is 0 Å². The molecule has 0 saturated carbocycles. The molecule has 21 heavy (non-hydrogen) atoms. The van der Waals surface area contributed by atoms with E-state index in [2.05, 4.69) is 19.1 Å². The normalized spacial score (nSPS) is 13.8. The second kappa shape index (κ2) is 9.64. The maximum atomic E-state index is 9.35. The summed E-state index contributed by atoms with van der Waals surface area (Å²) in [7, 11) is 0. The van der Waals surface area contributed by atoms with E-state index >= 15 is 0 Å². The second-order valence-electron chi connectivity index (χ2n) is 5.20. The molecule has 0 spiro atoms. The van der Waals surface area contributed by atoms with Gasteiger partial charge >= 0.3 is 0 Å². The summed E-state index contributed by atoms with van der Waals surface area (Å²) in [4.78, 5) is 0. The fourth-order valence-corrected chi connectivity index (χ4v) is 2.51. The molecular formula is C17H29NO3. The third kappa shape index (κ3) is 5.21. The van der Waals surface area contributed by atoms with Crippen molar-refractivity contribution in [2.24, 2.45) is 11.7 Å². The highest BCUT2D eigenvalue weighted by atomic mass is 16.5. The Labute approximate surface area is 128 Å². The van der Waals surface area contributed by atoms with E-state index in [1.807, 2.05) is 19.9 Å². The minimum absolute atomic E-state index is 0.141. The third-order valence-electron chi connectivity index (χ3n) is 3.74. The van der Waals surface area contributed by atoms with E-state index in [-0.39, 0.29) is 12.5 Å². The minimum atomic E-state index is 0.141. The van der Waals surface area contributed by atoms with Crippen LogP contribution in [0.15, 0.2) is 18.2 Å². The predicted molar refractivity (Wildman–Crippen MR) is 86.1 cm³/mol. The van der Waals surface area contributed by atoms with Gasteiger partial charge in [0, 0.05) is 6.61 Å². The van der Waals surface area contributed by atoms with Crippen LogP contribution in [-0.4, -0.2) is 31.5 Å². The third-order valence-corrected chi connectivity index (χ3v) is 3.74. The Hall–Kier alpha value is -1.26. The van der Waals surface area contributed by atoms with E-state index in [4.69, 9.17) is 15.2 Å². The van der Waals surface area contributed by atoms with Gasteiger partial charge in [0.1, 0.15) is 0 Å². The van der Waals surface area contributed by atoms with Crippen LogP contribution in [0.2, 0.25) is 0 Å². The zero-order chi connectivity index (χ0) is 15.7. The number of ether oxygens (including phenoxy) is 2. The Kier molecular flexibility index (Phi) is 8.16. The lowest BCUT2D eigenvalue weighted by Gasteiger charge is -2.22. The molecule has 120 valence electrons. The molecule has 0 amide bonds. The van der Waals surface area contributed by atoms with Crippen molar-refractivity contribution in [2.75, 3.05) is 26.4 Å². The van der Waals surface area contributed by atoms with Crippen LogP contribution >= 0.6 is 0 Å². The number of rotatable bonds is 10. The number of aliphatic hydroxyl groups excluding tert-OH is 1. The van der Waals surface area contributed by atoms with E-state index < -0.39 is 0 Å². The minimum Gasteiger partial charge on any atom is -0.490 e. The van der Waals surface area contributed by atoms with Crippen molar-refractivity contribution in [3.8, 4) is 11.5 Å². The number of hydrogen-bond donors (Lipinski definition) is 2. The molecule has 0 aliphatic heterocycles. The van der Waals surface area contributed by atoms with Crippen LogP contribution in [0, 0.1) is 5.92 Å². The molecule has 0 bridgehead atoms. The van der Waals surface area contributed by atoms with E-state index in [0.29, 0.717) is 25.7 Å². The number of hydrogen-bond acceptors (Lipinski definition) is 4. The molecule has 0 fully saturated rings. The zero-order valence-corrected chi connectivity index (χ0v) is 13.5. The Morgan fingerprint density at radius 2 is 1.76 bits per heavy atom. The van der Waals surface area contributed by atoms with Crippen LogP contribution in [0.25, 0.3) is 0 Å². The smallest absolute Gasteiger partial charge is 0.161 e. The van der Waals surface area contributed by atoms with Gasteiger partial charge in [-0.05, 0) is 62.8 Å². The van der Waals surface area contributed by atoms with Crippen LogP contribution in [0.4, 0.5) is 0 Å². The van der Waals surface area contributed by atoms with Gasteiger partial charge in [0.05, 0.1) is 13.2 Å². The van der Waals surface area contributed by atoms with Crippen LogP contribution < -0.4 is 15.2 Å². The molecular weight excluding hydrogens is 266 g/mol. The first kappa shape index (κ1) is 17.8. The molecule has 1 rings (SSSR count). The predicted octanol–water partition coefficient (Wildman–Crippen LogP) is 2.93. The molecule has 0 heterocycles. The van der Waals surface area contributed by atoms with E-state index in [0.717, 1.165) is 24.3 Å². The van der Waals surface area contributed by atoms with Crippen molar-refractivity contribution in [3.63, 3.8) is 0 Å². The summed E-state index contributed by atoms with van der Waals surface area (Å²) < 4.78 is 11.3. The number of benzene rings is 1. The highest BCUT2D eigenvalue weighted by Gasteiger charge is 2.17. The van der Waals surface area contributed by atoms with Crippen LogP contribution in [0.1, 0.15) is 45.1 Å². The molecule has 4 nitrogen and oxygen atoms in total. The zero-order valence-electron chi connectivity index (χ0n) is 13.5.